The third-order valence-corrected chi connectivity index (χ3v) is 3.97. The molecule has 1 fully saturated rings. The van der Waals surface area contributed by atoms with E-state index in [1.165, 1.54) is 25.9 Å². The number of benzene rings is 1. The Kier molecular flexibility index (Phi) is 8.73. The second-order valence-electron chi connectivity index (χ2n) is 5.16. The Labute approximate surface area is 141 Å². The van der Waals surface area contributed by atoms with E-state index in [2.05, 4.69) is 43.3 Å². The standard InChI is InChI=1S/C15H23BrN4.ClH/c16-14-6-3-5-13(11-14)12-19-15(17)18-7-4-10-20-8-1-2-9-20;/h3,5-6,11H,1-2,4,7-10,12H2,(H3,17,18,19);1H. The van der Waals surface area contributed by atoms with Gasteiger partial charge in [-0.25, -0.2) is 4.99 Å². The van der Waals surface area contributed by atoms with Gasteiger partial charge in [0.05, 0.1) is 6.54 Å². The number of hydrogen-bond donors (Lipinski definition) is 2. The zero-order valence-corrected chi connectivity index (χ0v) is 14.6. The minimum absolute atomic E-state index is 0. The summed E-state index contributed by atoms with van der Waals surface area (Å²) in [4.78, 5) is 6.86. The number of aliphatic imine (C=N–C) groups is 1. The molecule has 1 aromatic rings. The van der Waals surface area contributed by atoms with Gasteiger partial charge in [-0.05, 0) is 56.6 Å². The van der Waals surface area contributed by atoms with Crippen LogP contribution < -0.4 is 11.1 Å². The lowest BCUT2D eigenvalue weighted by atomic mass is 10.2. The summed E-state index contributed by atoms with van der Waals surface area (Å²) in [5.41, 5.74) is 7.02. The summed E-state index contributed by atoms with van der Waals surface area (Å²) in [5, 5.41) is 3.18. The highest BCUT2D eigenvalue weighted by atomic mass is 79.9. The van der Waals surface area contributed by atoms with Gasteiger partial charge in [0.25, 0.3) is 0 Å². The van der Waals surface area contributed by atoms with E-state index in [4.69, 9.17) is 5.73 Å². The summed E-state index contributed by atoms with van der Waals surface area (Å²) in [6.45, 7) is 5.18. The number of rotatable bonds is 6. The molecule has 4 nitrogen and oxygen atoms in total. The van der Waals surface area contributed by atoms with E-state index in [0.717, 1.165) is 29.5 Å². The molecule has 0 spiro atoms. The number of nitrogens with zero attached hydrogens (tertiary/aromatic N) is 2. The van der Waals surface area contributed by atoms with Crippen molar-refractivity contribution in [1.82, 2.24) is 10.2 Å². The summed E-state index contributed by atoms with van der Waals surface area (Å²) >= 11 is 3.45. The molecule has 0 atom stereocenters. The van der Waals surface area contributed by atoms with Crippen LogP contribution in [0.3, 0.4) is 0 Å². The van der Waals surface area contributed by atoms with Crippen LogP contribution >= 0.6 is 28.3 Å². The van der Waals surface area contributed by atoms with Gasteiger partial charge in [0.15, 0.2) is 5.96 Å². The van der Waals surface area contributed by atoms with Crippen molar-refractivity contribution >= 4 is 34.3 Å². The molecule has 1 aliphatic heterocycles. The van der Waals surface area contributed by atoms with Crippen LogP contribution in [0.2, 0.25) is 0 Å². The first-order valence-electron chi connectivity index (χ1n) is 7.24. The molecule has 1 saturated heterocycles. The molecule has 118 valence electrons. The van der Waals surface area contributed by atoms with Gasteiger partial charge in [-0.15, -0.1) is 12.4 Å². The monoisotopic (exact) mass is 374 g/mol. The number of nitrogens with two attached hydrogens (primary N) is 1. The van der Waals surface area contributed by atoms with Crippen LogP contribution in [0.1, 0.15) is 24.8 Å². The maximum absolute atomic E-state index is 5.87. The SMILES string of the molecule is Cl.NC(=NCc1cccc(Br)c1)NCCCN1CCCC1. The molecule has 0 unspecified atom stereocenters. The van der Waals surface area contributed by atoms with E-state index in [0.29, 0.717) is 12.5 Å². The fourth-order valence-electron chi connectivity index (χ4n) is 2.39. The summed E-state index contributed by atoms with van der Waals surface area (Å²) in [5.74, 6) is 0.534. The Morgan fingerprint density at radius 3 is 2.81 bits per heavy atom. The highest BCUT2D eigenvalue weighted by Crippen LogP contribution is 2.12. The van der Waals surface area contributed by atoms with Crippen molar-refractivity contribution in [3.63, 3.8) is 0 Å². The predicted molar refractivity (Wildman–Crippen MR) is 95.0 cm³/mol. The number of guanidine groups is 1. The summed E-state index contributed by atoms with van der Waals surface area (Å²) in [7, 11) is 0. The summed E-state index contributed by atoms with van der Waals surface area (Å²) in [6, 6.07) is 8.13. The third kappa shape index (κ3) is 7.16. The predicted octanol–water partition coefficient (Wildman–Crippen LogP) is 2.76. The van der Waals surface area contributed by atoms with Gasteiger partial charge in [-0.2, -0.15) is 0 Å². The molecule has 0 amide bonds. The van der Waals surface area contributed by atoms with Crippen LogP contribution in [-0.2, 0) is 6.54 Å². The first kappa shape index (κ1) is 18.3. The fraction of sp³-hybridized carbons (Fsp3) is 0.533. The number of hydrogen-bond acceptors (Lipinski definition) is 2. The Bertz CT molecular complexity index is 447. The van der Waals surface area contributed by atoms with Crippen molar-refractivity contribution in [2.24, 2.45) is 10.7 Å². The van der Waals surface area contributed by atoms with Crippen molar-refractivity contribution in [2.75, 3.05) is 26.2 Å². The maximum atomic E-state index is 5.87. The number of nitrogens with one attached hydrogen (secondary N) is 1. The molecule has 0 aliphatic carbocycles. The van der Waals surface area contributed by atoms with E-state index in [-0.39, 0.29) is 12.4 Å². The number of likely N-dealkylation sites (tertiary alicyclic amines) is 1. The first-order chi connectivity index (χ1) is 9.74. The average Bonchev–Trinajstić information content (AvgIpc) is 2.95. The average molecular weight is 376 g/mol. The topological polar surface area (TPSA) is 53.6 Å². The molecular formula is C15H24BrClN4. The molecule has 3 N–H and O–H groups in total. The highest BCUT2D eigenvalue weighted by molar-refractivity contribution is 9.10. The molecule has 1 heterocycles. The van der Waals surface area contributed by atoms with E-state index in [1.54, 1.807) is 0 Å². The quantitative estimate of drug-likeness (QED) is 0.457. The van der Waals surface area contributed by atoms with Crippen LogP contribution in [0.25, 0.3) is 0 Å². The molecule has 2 rings (SSSR count). The van der Waals surface area contributed by atoms with Crippen molar-refractivity contribution in [3.05, 3.63) is 34.3 Å². The largest absolute Gasteiger partial charge is 0.370 e. The van der Waals surface area contributed by atoms with Crippen molar-refractivity contribution in [2.45, 2.75) is 25.8 Å². The van der Waals surface area contributed by atoms with Crippen LogP contribution in [0, 0.1) is 0 Å². The van der Waals surface area contributed by atoms with Crippen molar-refractivity contribution < 1.29 is 0 Å². The minimum Gasteiger partial charge on any atom is -0.370 e. The zero-order chi connectivity index (χ0) is 14.2. The molecule has 6 heteroatoms. The Balaban J connectivity index is 0.00000220. The van der Waals surface area contributed by atoms with Gasteiger partial charge in [-0.1, -0.05) is 28.1 Å². The number of halogens is 2. The lowest BCUT2D eigenvalue weighted by Crippen LogP contribution is -2.34. The van der Waals surface area contributed by atoms with E-state index in [1.807, 2.05) is 12.1 Å². The van der Waals surface area contributed by atoms with Gasteiger partial charge in [-0.3, -0.25) is 0 Å². The zero-order valence-electron chi connectivity index (χ0n) is 12.2. The first-order valence-corrected chi connectivity index (χ1v) is 8.04. The van der Waals surface area contributed by atoms with Crippen LogP contribution in [0.4, 0.5) is 0 Å². The molecule has 21 heavy (non-hydrogen) atoms. The highest BCUT2D eigenvalue weighted by Gasteiger charge is 2.09. The smallest absolute Gasteiger partial charge is 0.188 e. The van der Waals surface area contributed by atoms with Gasteiger partial charge >= 0.3 is 0 Å². The van der Waals surface area contributed by atoms with E-state index >= 15 is 0 Å². The van der Waals surface area contributed by atoms with Crippen LogP contribution in [0.5, 0.6) is 0 Å². The summed E-state index contributed by atoms with van der Waals surface area (Å²) in [6.07, 6.45) is 3.82. The normalized spacial score (nSPS) is 15.8. The molecule has 0 radical (unpaired) electrons. The van der Waals surface area contributed by atoms with Crippen LogP contribution in [-0.4, -0.2) is 37.0 Å². The second kappa shape index (κ2) is 10.0. The van der Waals surface area contributed by atoms with E-state index < -0.39 is 0 Å². The molecule has 0 saturated carbocycles. The second-order valence-corrected chi connectivity index (χ2v) is 6.08. The Morgan fingerprint density at radius 2 is 2.10 bits per heavy atom. The Hall–Kier alpha value is -0.780. The Morgan fingerprint density at radius 1 is 1.33 bits per heavy atom. The van der Waals surface area contributed by atoms with Gasteiger partial charge in [0.2, 0.25) is 0 Å². The molecule has 1 aliphatic rings. The summed E-state index contributed by atoms with van der Waals surface area (Å²) < 4.78 is 1.07. The van der Waals surface area contributed by atoms with Crippen molar-refractivity contribution in [1.29, 1.82) is 0 Å². The van der Waals surface area contributed by atoms with Gasteiger partial charge in [0.1, 0.15) is 0 Å². The minimum atomic E-state index is 0. The van der Waals surface area contributed by atoms with Crippen LogP contribution in [0.15, 0.2) is 33.7 Å². The lowest BCUT2D eigenvalue weighted by molar-refractivity contribution is 0.334. The molecule has 1 aromatic carbocycles. The fourth-order valence-corrected chi connectivity index (χ4v) is 2.84. The third-order valence-electron chi connectivity index (χ3n) is 3.48. The molecule has 0 aromatic heterocycles. The van der Waals surface area contributed by atoms with Crippen molar-refractivity contribution in [3.8, 4) is 0 Å². The van der Waals surface area contributed by atoms with Gasteiger partial charge in [0, 0.05) is 11.0 Å². The van der Waals surface area contributed by atoms with Gasteiger partial charge < -0.3 is 16.0 Å². The molecular weight excluding hydrogens is 352 g/mol. The van der Waals surface area contributed by atoms with E-state index in [9.17, 15) is 0 Å². The lowest BCUT2D eigenvalue weighted by Gasteiger charge is -2.14. The molecule has 0 bridgehead atoms. The maximum Gasteiger partial charge on any atom is 0.188 e.